The number of aromatic nitrogens is 3. The summed E-state index contributed by atoms with van der Waals surface area (Å²) in [7, 11) is 0. The Labute approximate surface area is 443 Å². The minimum atomic E-state index is -0.0656. The Balaban J connectivity index is 0.00000574. The van der Waals surface area contributed by atoms with E-state index in [1.54, 1.807) is 0 Å². The van der Waals surface area contributed by atoms with E-state index >= 15 is 0 Å². The van der Waals surface area contributed by atoms with Gasteiger partial charge in [-0.1, -0.05) is 165 Å². The predicted molar refractivity (Wildman–Crippen MR) is 300 cm³/mol. The van der Waals surface area contributed by atoms with Crippen LogP contribution < -0.4 is 14.5 Å². The second-order valence-electron chi connectivity index (χ2n) is 22.3. The zero-order valence-electron chi connectivity index (χ0n) is 42.9. The molecule has 11 aromatic rings. The molecule has 0 fully saturated rings. The van der Waals surface area contributed by atoms with Crippen LogP contribution in [-0.4, -0.2) is 14.1 Å². The zero-order valence-corrected chi connectivity index (χ0v) is 45.1. The summed E-state index contributed by atoms with van der Waals surface area (Å²) in [5.41, 5.74) is 15.4. The predicted octanol–water partition coefficient (Wildman–Crippen LogP) is 17.6. The SMILES string of the molecule is CC(C)(C)c1cc(-c2cccc(-n3c4ccccc4c4ccccc43)c2N2[CH-]N(c3[c-]c(Oc4[c-]c5c(cc4)c4ccccc4n5-c4cc(C(C)(C)C)ccn4)ccc3)c3ccccc32)cc(C(C)(C)C)c1.[Pt]. The third-order valence-electron chi connectivity index (χ3n) is 14.3. The number of anilines is 4. The molecule has 0 N–H and O–H groups in total. The first-order chi connectivity index (χ1) is 34.6. The van der Waals surface area contributed by atoms with E-state index in [1.165, 1.54) is 33.0 Å². The molecule has 0 unspecified atom stereocenters. The van der Waals surface area contributed by atoms with E-state index in [0.717, 1.165) is 72.7 Å². The minimum Gasteiger partial charge on any atom is -0.509 e. The average molecular weight is 1130 g/mol. The Kier molecular flexibility index (Phi) is 11.8. The van der Waals surface area contributed by atoms with Crippen molar-refractivity contribution in [3.05, 3.63) is 218 Å². The Morgan fingerprint density at radius 3 is 1.62 bits per heavy atom. The molecule has 0 amide bonds. The second-order valence-corrected chi connectivity index (χ2v) is 22.3. The van der Waals surface area contributed by atoms with Crippen LogP contribution in [0.15, 0.2) is 182 Å². The molecule has 0 aliphatic carbocycles. The molecule has 12 rings (SSSR count). The van der Waals surface area contributed by atoms with Crippen molar-refractivity contribution in [1.29, 1.82) is 0 Å². The van der Waals surface area contributed by atoms with Crippen molar-refractivity contribution in [2.75, 3.05) is 9.80 Å². The number of ether oxygens (including phenoxy) is 1. The van der Waals surface area contributed by atoms with Gasteiger partial charge in [0.15, 0.2) is 0 Å². The van der Waals surface area contributed by atoms with E-state index in [2.05, 4.69) is 258 Å². The van der Waals surface area contributed by atoms with Crippen molar-refractivity contribution in [2.24, 2.45) is 0 Å². The number of hydrogen-bond acceptors (Lipinski definition) is 4. The van der Waals surface area contributed by atoms with E-state index in [-0.39, 0.29) is 37.3 Å². The Morgan fingerprint density at radius 2 is 0.986 bits per heavy atom. The summed E-state index contributed by atoms with van der Waals surface area (Å²) in [5.74, 6) is 2.03. The maximum Gasteiger partial charge on any atom is 0.135 e. The van der Waals surface area contributed by atoms with Crippen molar-refractivity contribution in [2.45, 2.75) is 78.6 Å². The van der Waals surface area contributed by atoms with E-state index in [0.29, 0.717) is 11.5 Å². The third-order valence-corrected chi connectivity index (χ3v) is 14.3. The van der Waals surface area contributed by atoms with Crippen LogP contribution in [0.4, 0.5) is 22.7 Å². The molecule has 3 aromatic heterocycles. The third kappa shape index (κ3) is 8.40. The largest absolute Gasteiger partial charge is 0.509 e. The molecule has 0 saturated carbocycles. The Morgan fingerprint density at radius 1 is 0.452 bits per heavy atom. The standard InChI is InChI=1S/C66H58N5O.Pt/c1-64(2,3)44-34-35-67-62(39-44)71-57-28-15-12-24-53(57)54-33-32-49(41-61(54)71)72-48-21-18-20-47(40-48)68-42-69(59-30-17-16-29-58(59)68)63-50(43-36-45(65(4,5)6)38-46(37-43)66(7,8)9)25-19-31-60(63)70-55-26-13-10-22-51(55)52-23-11-14-27-56(52)70;/h10-39,42H,1-9H3;/q-3;. The van der Waals surface area contributed by atoms with Gasteiger partial charge in [-0.15, -0.1) is 48.1 Å². The van der Waals surface area contributed by atoms with Gasteiger partial charge in [-0.25, -0.2) is 4.98 Å². The van der Waals surface area contributed by atoms with Crippen molar-refractivity contribution < 1.29 is 25.8 Å². The molecule has 1 aliphatic rings. The summed E-state index contributed by atoms with van der Waals surface area (Å²) in [6, 6.07) is 70.6. The summed E-state index contributed by atoms with van der Waals surface area (Å²) in [6.07, 6.45) is 1.91. The minimum absolute atomic E-state index is 0. The smallest absolute Gasteiger partial charge is 0.135 e. The van der Waals surface area contributed by atoms with Gasteiger partial charge >= 0.3 is 0 Å². The van der Waals surface area contributed by atoms with Gasteiger partial charge in [0.1, 0.15) is 5.82 Å². The first-order valence-corrected chi connectivity index (χ1v) is 25.0. The molecule has 73 heavy (non-hydrogen) atoms. The molecular formula is C66H58N5OPt-3. The summed E-state index contributed by atoms with van der Waals surface area (Å²) in [4.78, 5) is 9.51. The molecule has 0 spiro atoms. The molecule has 366 valence electrons. The van der Waals surface area contributed by atoms with E-state index < -0.39 is 0 Å². The number of fused-ring (bicyclic) bond motifs is 7. The number of pyridine rings is 1. The van der Waals surface area contributed by atoms with Crippen LogP contribution in [0, 0.1) is 18.8 Å². The van der Waals surface area contributed by atoms with E-state index in [9.17, 15) is 0 Å². The number of rotatable bonds is 7. The maximum absolute atomic E-state index is 6.75. The van der Waals surface area contributed by atoms with Gasteiger partial charge in [-0.2, -0.15) is 12.1 Å². The van der Waals surface area contributed by atoms with Crippen molar-refractivity contribution >= 4 is 66.4 Å². The summed E-state index contributed by atoms with van der Waals surface area (Å²) >= 11 is 0. The second kappa shape index (κ2) is 18.0. The van der Waals surface area contributed by atoms with E-state index in [4.69, 9.17) is 9.72 Å². The van der Waals surface area contributed by atoms with Gasteiger partial charge in [0.05, 0.1) is 16.7 Å². The number of nitrogens with zero attached hydrogens (tertiary/aromatic N) is 5. The summed E-state index contributed by atoms with van der Waals surface area (Å²) < 4.78 is 11.4. The molecule has 8 aromatic carbocycles. The zero-order chi connectivity index (χ0) is 49.7. The first-order valence-electron chi connectivity index (χ1n) is 25.0. The van der Waals surface area contributed by atoms with Crippen LogP contribution in [0.1, 0.15) is 79.0 Å². The normalized spacial score (nSPS) is 13.1. The fourth-order valence-corrected chi connectivity index (χ4v) is 10.4. The number of para-hydroxylation sites is 6. The average Bonchev–Trinajstić information content (AvgIpc) is 4.03. The number of benzene rings is 8. The fraction of sp³-hybridized carbons (Fsp3) is 0.182. The number of hydrogen-bond donors (Lipinski definition) is 0. The molecule has 1 aliphatic heterocycles. The molecule has 4 heterocycles. The van der Waals surface area contributed by atoms with Gasteiger partial charge in [0.25, 0.3) is 0 Å². The van der Waals surface area contributed by atoms with Crippen molar-refractivity contribution in [3.63, 3.8) is 0 Å². The fourth-order valence-electron chi connectivity index (χ4n) is 10.4. The molecule has 0 radical (unpaired) electrons. The maximum atomic E-state index is 6.75. The molecule has 0 saturated heterocycles. The van der Waals surface area contributed by atoms with Crippen LogP contribution in [0.25, 0.3) is 66.2 Å². The summed E-state index contributed by atoms with van der Waals surface area (Å²) in [6.45, 7) is 22.8. The van der Waals surface area contributed by atoms with Crippen LogP contribution >= 0.6 is 0 Å². The molecule has 7 heteroatoms. The van der Waals surface area contributed by atoms with Gasteiger partial charge < -0.3 is 23.7 Å². The summed E-state index contributed by atoms with van der Waals surface area (Å²) in [5, 5.41) is 4.66. The quantitative estimate of drug-likeness (QED) is 0.149. The van der Waals surface area contributed by atoms with Crippen molar-refractivity contribution in [1.82, 2.24) is 14.1 Å². The van der Waals surface area contributed by atoms with Gasteiger partial charge in [0.2, 0.25) is 0 Å². The van der Waals surface area contributed by atoms with Gasteiger partial charge in [-0.3, -0.25) is 0 Å². The molecule has 6 nitrogen and oxygen atoms in total. The first kappa shape index (κ1) is 47.9. The molecule has 0 atom stereocenters. The topological polar surface area (TPSA) is 38.5 Å². The Hall–Kier alpha value is -7.40. The Bertz CT molecular complexity index is 3830. The van der Waals surface area contributed by atoms with Crippen molar-refractivity contribution in [3.8, 4) is 34.1 Å². The van der Waals surface area contributed by atoms with Gasteiger partial charge in [0, 0.05) is 77.7 Å². The van der Waals surface area contributed by atoms with Crippen LogP contribution in [0.3, 0.4) is 0 Å². The molecule has 0 bridgehead atoms. The monoisotopic (exact) mass is 1130 g/mol. The van der Waals surface area contributed by atoms with E-state index in [1.807, 2.05) is 24.4 Å². The molecular weight excluding hydrogens is 1070 g/mol. The van der Waals surface area contributed by atoms with Gasteiger partial charge in [-0.05, 0) is 92.4 Å². The van der Waals surface area contributed by atoms with Crippen LogP contribution in [-0.2, 0) is 37.3 Å². The van der Waals surface area contributed by atoms with Crippen LogP contribution in [0.2, 0.25) is 0 Å². The van der Waals surface area contributed by atoms with Crippen LogP contribution in [0.5, 0.6) is 11.5 Å².